The van der Waals surface area contributed by atoms with Crippen LogP contribution in [0.3, 0.4) is 0 Å². The van der Waals surface area contributed by atoms with Crippen molar-refractivity contribution in [2.75, 3.05) is 11.9 Å². The highest BCUT2D eigenvalue weighted by Crippen LogP contribution is 2.26. The molecule has 17 heavy (non-hydrogen) atoms. The Kier molecular flexibility index (Phi) is 3.89. The second kappa shape index (κ2) is 4.84. The van der Waals surface area contributed by atoms with Gasteiger partial charge in [-0.25, -0.2) is 4.39 Å². The van der Waals surface area contributed by atoms with E-state index in [-0.39, 0.29) is 5.69 Å². The van der Waals surface area contributed by atoms with E-state index in [1.165, 1.54) is 33.0 Å². The van der Waals surface area contributed by atoms with E-state index >= 15 is 0 Å². The van der Waals surface area contributed by atoms with Crippen LogP contribution in [0.4, 0.5) is 10.1 Å². The Morgan fingerprint density at radius 1 is 1.53 bits per heavy atom. The molecule has 0 saturated heterocycles. The van der Waals surface area contributed by atoms with E-state index in [1.807, 2.05) is 6.07 Å². The maximum Gasteiger partial charge on any atom is 0.246 e. The van der Waals surface area contributed by atoms with Gasteiger partial charge in [0.15, 0.2) is 0 Å². The minimum Gasteiger partial charge on any atom is -0.311 e. The van der Waals surface area contributed by atoms with Gasteiger partial charge in [0.1, 0.15) is 11.2 Å². The van der Waals surface area contributed by atoms with Crippen molar-refractivity contribution in [3.63, 3.8) is 0 Å². The van der Waals surface area contributed by atoms with Gasteiger partial charge in [-0.1, -0.05) is 15.9 Å². The van der Waals surface area contributed by atoms with Crippen LogP contribution in [-0.4, -0.2) is 13.0 Å². The first kappa shape index (κ1) is 13.7. The van der Waals surface area contributed by atoms with E-state index in [1.54, 1.807) is 6.07 Å². The van der Waals surface area contributed by atoms with E-state index < -0.39 is 17.1 Å². The first-order valence-corrected chi connectivity index (χ1v) is 5.73. The SMILES string of the molecule is CN(C(=O)C(C)(C)C#N)c1cc(Br)ccc1F. The highest BCUT2D eigenvalue weighted by molar-refractivity contribution is 9.10. The summed E-state index contributed by atoms with van der Waals surface area (Å²) in [5.41, 5.74) is -1.03. The predicted octanol–water partition coefficient (Wildman–Crippen LogP) is 3.10. The average molecular weight is 299 g/mol. The molecule has 1 rings (SSSR count). The average Bonchev–Trinajstić information content (AvgIpc) is 2.30. The number of carbonyl (C=O) groups excluding carboxylic acids is 1. The monoisotopic (exact) mass is 298 g/mol. The molecule has 0 bridgehead atoms. The normalized spacial score (nSPS) is 10.8. The summed E-state index contributed by atoms with van der Waals surface area (Å²) in [7, 11) is 1.45. The number of anilines is 1. The zero-order valence-corrected chi connectivity index (χ0v) is 11.4. The number of carbonyl (C=O) groups is 1. The topological polar surface area (TPSA) is 44.1 Å². The van der Waals surface area contributed by atoms with E-state index in [0.717, 1.165) is 4.90 Å². The highest BCUT2D eigenvalue weighted by Gasteiger charge is 2.31. The van der Waals surface area contributed by atoms with Gasteiger partial charge in [0, 0.05) is 11.5 Å². The Bertz CT molecular complexity index is 494. The molecule has 0 atom stereocenters. The number of nitriles is 1. The Labute approximate surface area is 108 Å². The molecule has 0 fully saturated rings. The van der Waals surface area contributed by atoms with Crippen LogP contribution in [0.25, 0.3) is 0 Å². The molecule has 0 aliphatic rings. The van der Waals surface area contributed by atoms with Gasteiger partial charge < -0.3 is 4.90 Å². The Hall–Kier alpha value is -1.41. The molecule has 90 valence electrons. The molecule has 5 heteroatoms. The molecule has 0 saturated carbocycles. The Morgan fingerprint density at radius 2 is 2.12 bits per heavy atom. The first-order chi connectivity index (χ1) is 7.79. The number of rotatable bonds is 2. The maximum absolute atomic E-state index is 13.6. The molecule has 0 aliphatic heterocycles. The van der Waals surface area contributed by atoms with Crippen LogP contribution >= 0.6 is 15.9 Å². The number of hydrogen-bond acceptors (Lipinski definition) is 2. The van der Waals surface area contributed by atoms with Gasteiger partial charge in [-0.3, -0.25) is 4.79 Å². The van der Waals surface area contributed by atoms with Crippen LogP contribution in [0.1, 0.15) is 13.8 Å². The zero-order valence-electron chi connectivity index (χ0n) is 9.79. The largest absolute Gasteiger partial charge is 0.311 e. The van der Waals surface area contributed by atoms with E-state index in [2.05, 4.69) is 15.9 Å². The number of nitrogens with zero attached hydrogens (tertiary/aromatic N) is 2. The molecule has 0 radical (unpaired) electrons. The lowest BCUT2D eigenvalue weighted by Gasteiger charge is -2.24. The lowest BCUT2D eigenvalue weighted by atomic mass is 9.94. The summed E-state index contributed by atoms with van der Waals surface area (Å²) in [5.74, 6) is -0.949. The fraction of sp³-hybridized carbons (Fsp3) is 0.333. The van der Waals surface area contributed by atoms with Gasteiger partial charge in [-0.15, -0.1) is 0 Å². The van der Waals surface area contributed by atoms with Crippen molar-refractivity contribution in [3.8, 4) is 6.07 Å². The fourth-order valence-corrected chi connectivity index (χ4v) is 1.67. The van der Waals surface area contributed by atoms with Crippen LogP contribution in [0.15, 0.2) is 22.7 Å². The van der Waals surface area contributed by atoms with Gasteiger partial charge in [0.2, 0.25) is 5.91 Å². The second-order valence-corrected chi connectivity index (χ2v) is 5.11. The molecular weight excluding hydrogens is 287 g/mol. The van der Waals surface area contributed by atoms with E-state index in [4.69, 9.17) is 5.26 Å². The molecule has 1 aromatic rings. The fourth-order valence-electron chi connectivity index (χ4n) is 1.32. The summed E-state index contributed by atoms with van der Waals surface area (Å²) >= 11 is 3.21. The lowest BCUT2D eigenvalue weighted by molar-refractivity contribution is -0.123. The van der Waals surface area contributed by atoms with Crippen molar-refractivity contribution < 1.29 is 9.18 Å². The van der Waals surface area contributed by atoms with Crippen LogP contribution in [-0.2, 0) is 4.79 Å². The summed E-state index contributed by atoms with van der Waals surface area (Å²) < 4.78 is 14.2. The summed E-state index contributed by atoms with van der Waals surface area (Å²) in [4.78, 5) is 13.1. The molecular formula is C12H12BrFN2O. The molecule has 0 spiro atoms. The van der Waals surface area contributed by atoms with Gasteiger partial charge in [0.05, 0.1) is 11.8 Å². The molecule has 3 nitrogen and oxygen atoms in total. The number of halogens is 2. The quantitative estimate of drug-likeness (QED) is 0.842. The molecule has 1 amide bonds. The summed E-state index contributed by atoms with van der Waals surface area (Å²) in [5, 5.41) is 8.88. The third kappa shape index (κ3) is 2.83. The number of amides is 1. The zero-order chi connectivity index (χ0) is 13.2. The summed E-state index contributed by atoms with van der Waals surface area (Å²) in [6.07, 6.45) is 0. The smallest absolute Gasteiger partial charge is 0.246 e. The highest BCUT2D eigenvalue weighted by atomic mass is 79.9. The number of benzene rings is 1. The van der Waals surface area contributed by atoms with Crippen LogP contribution < -0.4 is 4.90 Å². The molecule has 0 aromatic heterocycles. The van der Waals surface area contributed by atoms with Crippen LogP contribution in [0.5, 0.6) is 0 Å². The standard InChI is InChI=1S/C12H12BrFN2O/c1-12(2,7-15)11(17)16(3)10-6-8(13)4-5-9(10)14/h4-6H,1-3H3. The van der Waals surface area contributed by atoms with Gasteiger partial charge in [-0.2, -0.15) is 5.26 Å². The maximum atomic E-state index is 13.6. The lowest BCUT2D eigenvalue weighted by Crippen LogP contribution is -2.38. The summed E-state index contributed by atoms with van der Waals surface area (Å²) in [6.45, 7) is 3.00. The van der Waals surface area contributed by atoms with Crippen LogP contribution in [0.2, 0.25) is 0 Å². The third-order valence-electron chi connectivity index (χ3n) is 2.39. The number of hydrogen-bond donors (Lipinski definition) is 0. The van der Waals surface area contributed by atoms with Crippen molar-refractivity contribution in [2.24, 2.45) is 5.41 Å². The minimum atomic E-state index is -1.18. The van der Waals surface area contributed by atoms with Crippen molar-refractivity contribution in [2.45, 2.75) is 13.8 Å². The Balaban J connectivity index is 3.14. The molecule has 0 heterocycles. The van der Waals surface area contributed by atoms with Gasteiger partial charge >= 0.3 is 0 Å². The first-order valence-electron chi connectivity index (χ1n) is 4.94. The van der Waals surface area contributed by atoms with Crippen molar-refractivity contribution >= 4 is 27.5 Å². The minimum absolute atomic E-state index is 0.146. The molecule has 1 aromatic carbocycles. The van der Waals surface area contributed by atoms with Crippen LogP contribution in [0, 0.1) is 22.6 Å². The Morgan fingerprint density at radius 3 is 2.65 bits per heavy atom. The van der Waals surface area contributed by atoms with Gasteiger partial charge in [0.25, 0.3) is 0 Å². The van der Waals surface area contributed by atoms with Gasteiger partial charge in [-0.05, 0) is 32.0 Å². The van der Waals surface area contributed by atoms with Crippen molar-refractivity contribution in [1.29, 1.82) is 5.26 Å². The molecule has 0 unspecified atom stereocenters. The second-order valence-electron chi connectivity index (χ2n) is 4.20. The van der Waals surface area contributed by atoms with Crippen molar-refractivity contribution in [3.05, 3.63) is 28.5 Å². The van der Waals surface area contributed by atoms with E-state index in [0.29, 0.717) is 4.47 Å². The molecule has 0 aliphatic carbocycles. The van der Waals surface area contributed by atoms with E-state index in [9.17, 15) is 9.18 Å². The molecule has 0 N–H and O–H groups in total. The summed E-state index contributed by atoms with van der Waals surface area (Å²) in [6, 6.07) is 6.22. The third-order valence-corrected chi connectivity index (χ3v) is 2.88. The van der Waals surface area contributed by atoms with Crippen molar-refractivity contribution in [1.82, 2.24) is 0 Å². The predicted molar refractivity (Wildman–Crippen MR) is 66.9 cm³/mol.